The number of amides is 2. The Morgan fingerprint density at radius 1 is 0.879 bits per heavy atom. The van der Waals surface area contributed by atoms with E-state index in [4.69, 9.17) is 4.74 Å². The maximum atomic E-state index is 13.5. The molecule has 6 nitrogen and oxygen atoms in total. The number of hydrogen-bond donors (Lipinski definition) is 0. The van der Waals surface area contributed by atoms with Crippen LogP contribution in [0.25, 0.3) is 0 Å². The van der Waals surface area contributed by atoms with Crippen molar-refractivity contribution in [2.75, 3.05) is 26.3 Å². The van der Waals surface area contributed by atoms with E-state index >= 15 is 0 Å². The molecule has 0 fully saturated rings. The molecule has 2 aromatic rings. The van der Waals surface area contributed by atoms with E-state index in [-0.39, 0.29) is 18.4 Å². The van der Waals surface area contributed by atoms with Crippen LogP contribution in [-0.2, 0) is 34.5 Å². The Balaban J connectivity index is 2.09. The summed E-state index contributed by atoms with van der Waals surface area (Å²) in [4.78, 5) is 30.0. The van der Waals surface area contributed by atoms with Crippen molar-refractivity contribution in [2.45, 2.75) is 65.5 Å². The minimum Gasteiger partial charge on any atom is -0.382 e. The monoisotopic (exact) mass is 455 g/mol. The van der Waals surface area contributed by atoms with Gasteiger partial charge in [0.05, 0.1) is 13.1 Å². The third-order valence-corrected chi connectivity index (χ3v) is 5.82. The Morgan fingerprint density at radius 2 is 1.67 bits per heavy atom. The Labute approximate surface area is 199 Å². The fourth-order valence-corrected chi connectivity index (χ4v) is 3.81. The Bertz CT molecular complexity index is 819. The number of rotatable bonds is 16. The van der Waals surface area contributed by atoms with Gasteiger partial charge in [0.15, 0.2) is 0 Å². The van der Waals surface area contributed by atoms with Crippen molar-refractivity contribution in [3.05, 3.63) is 59.9 Å². The summed E-state index contributed by atoms with van der Waals surface area (Å²) in [6.07, 6.45) is 7.42. The maximum absolute atomic E-state index is 13.5. The zero-order valence-electron chi connectivity index (χ0n) is 20.7. The third kappa shape index (κ3) is 9.82. The number of benzene rings is 1. The lowest BCUT2D eigenvalue weighted by molar-refractivity contribution is -0.141. The van der Waals surface area contributed by atoms with Crippen LogP contribution < -0.4 is 0 Å². The van der Waals surface area contributed by atoms with Gasteiger partial charge >= 0.3 is 0 Å². The van der Waals surface area contributed by atoms with E-state index in [1.807, 2.05) is 72.1 Å². The first-order valence-corrected chi connectivity index (χ1v) is 12.3. The summed E-state index contributed by atoms with van der Waals surface area (Å²) in [6.45, 7) is 7.06. The van der Waals surface area contributed by atoms with Crippen molar-refractivity contribution in [3.8, 4) is 0 Å². The number of unbranched alkanes of at least 4 members (excludes halogenated alkanes) is 3. The molecular weight excluding hydrogens is 414 g/mol. The zero-order chi connectivity index (χ0) is 23.9. The van der Waals surface area contributed by atoms with E-state index in [2.05, 4.69) is 6.92 Å². The minimum atomic E-state index is -0.0293. The average Bonchev–Trinajstić information content (AvgIpc) is 3.23. The van der Waals surface area contributed by atoms with E-state index in [0.717, 1.165) is 43.4 Å². The molecule has 0 aliphatic rings. The highest BCUT2D eigenvalue weighted by Gasteiger charge is 2.22. The third-order valence-electron chi connectivity index (χ3n) is 5.82. The maximum Gasteiger partial charge on any atom is 0.242 e. The summed E-state index contributed by atoms with van der Waals surface area (Å²) >= 11 is 0. The van der Waals surface area contributed by atoms with Crippen LogP contribution in [0.1, 0.15) is 63.6 Å². The molecule has 2 rings (SSSR count). The Hall–Kier alpha value is -2.60. The van der Waals surface area contributed by atoms with Gasteiger partial charge in [-0.25, -0.2) is 0 Å². The van der Waals surface area contributed by atoms with E-state index < -0.39 is 0 Å². The van der Waals surface area contributed by atoms with E-state index in [0.29, 0.717) is 39.3 Å². The number of carbonyl (C=O) groups is 2. The SMILES string of the molecule is CCCCCCC(=O)N(CCCOCC)CC(=O)N(Cc1ccccc1)Cc1cccn1C. The van der Waals surface area contributed by atoms with Crippen LogP contribution in [0.2, 0.25) is 0 Å². The molecule has 2 amide bonds. The molecule has 182 valence electrons. The molecule has 0 saturated carbocycles. The lowest BCUT2D eigenvalue weighted by Gasteiger charge is -2.28. The van der Waals surface area contributed by atoms with Gasteiger partial charge in [0.25, 0.3) is 0 Å². The first-order valence-electron chi connectivity index (χ1n) is 12.3. The standard InChI is InChI=1S/C27H41N3O3/c1-4-6-7-11-17-26(31)29(19-13-20-33-5-2)23-27(32)30(21-24-14-9-8-10-15-24)22-25-16-12-18-28(25)3/h8-10,12,14-16,18H,4-7,11,13,17,19-23H2,1-3H3. The first-order chi connectivity index (χ1) is 16.0. The number of ether oxygens (including phenoxy) is 1. The van der Waals surface area contributed by atoms with Gasteiger partial charge in [-0.15, -0.1) is 0 Å². The van der Waals surface area contributed by atoms with Crippen LogP contribution in [0.4, 0.5) is 0 Å². The van der Waals surface area contributed by atoms with Gasteiger partial charge < -0.3 is 19.1 Å². The van der Waals surface area contributed by atoms with Crippen molar-refractivity contribution >= 4 is 11.8 Å². The molecule has 0 spiro atoms. The highest BCUT2D eigenvalue weighted by Crippen LogP contribution is 2.13. The molecule has 0 atom stereocenters. The Kier molecular flexibility index (Phi) is 12.3. The highest BCUT2D eigenvalue weighted by molar-refractivity contribution is 5.84. The van der Waals surface area contributed by atoms with Crippen molar-refractivity contribution in [2.24, 2.45) is 7.05 Å². The lowest BCUT2D eigenvalue weighted by atomic mass is 10.1. The quantitative estimate of drug-likeness (QED) is 0.342. The molecule has 0 aliphatic heterocycles. The van der Waals surface area contributed by atoms with Crippen LogP contribution >= 0.6 is 0 Å². The second kappa shape index (κ2) is 15.3. The average molecular weight is 456 g/mol. The van der Waals surface area contributed by atoms with Crippen LogP contribution in [0.5, 0.6) is 0 Å². The van der Waals surface area contributed by atoms with Crippen LogP contribution in [0.15, 0.2) is 48.7 Å². The fourth-order valence-electron chi connectivity index (χ4n) is 3.81. The second-order valence-electron chi connectivity index (χ2n) is 8.52. The molecule has 0 N–H and O–H groups in total. The van der Waals surface area contributed by atoms with E-state index in [1.165, 1.54) is 0 Å². The number of hydrogen-bond acceptors (Lipinski definition) is 3. The van der Waals surface area contributed by atoms with E-state index in [9.17, 15) is 9.59 Å². The number of carbonyl (C=O) groups excluding carboxylic acids is 2. The largest absolute Gasteiger partial charge is 0.382 e. The van der Waals surface area contributed by atoms with Crippen molar-refractivity contribution in [1.29, 1.82) is 0 Å². The molecule has 1 heterocycles. The van der Waals surface area contributed by atoms with Gasteiger partial charge in [-0.3, -0.25) is 9.59 Å². The van der Waals surface area contributed by atoms with Gasteiger partial charge in [-0.2, -0.15) is 0 Å². The zero-order valence-corrected chi connectivity index (χ0v) is 20.7. The van der Waals surface area contributed by atoms with Crippen molar-refractivity contribution < 1.29 is 14.3 Å². The number of nitrogens with zero attached hydrogens (tertiary/aromatic N) is 3. The van der Waals surface area contributed by atoms with E-state index in [1.54, 1.807) is 4.90 Å². The summed E-state index contributed by atoms with van der Waals surface area (Å²) in [7, 11) is 1.99. The predicted octanol–water partition coefficient (Wildman–Crippen LogP) is 4.78. The second-order valence-corrected chi connectivity index (χ2v) is 8.52. The molecule has 0 aliphatic carbocycles. The first kappa shape index (κ1) is 26.7. The molecule has 33 heavy (non-hydrogen) atoms. The number of aryl methyl sites for hydroxylation is 1. The minimum absolute atomic E-state index is 0.0293. The van der Waals surface area contributed by atoms with Gasteiger partial charge in [0.1, 0.15) is 0 Å². The van der Waals surface area contributed by atoms with Gasteiger partial charge in [0.2, 0.25) is 11.8 Å². The Morgan fingerprint density at radius 3 is 2.33 bits per heavy atom. The molecule has 0 saturated heterocycles. The lowest BCUT2D eigenvalue weighted by Crippen LogP contribution is -2.43. The number of aromatic nitrogens is 1. The van der Waals surface area contributed by atoms with Crippen LogP contribution in [-0.4, -0.2) is 52.5 Å². The van der Waals surface area contributed by atoms with Gasteiger partial charge in [-0.05, 0) is 37.5 Å². The van der Waals surface area contributed by atoms with Gasteiger partial charge in [-0.1, -0.05) is 56.5 Å². The summed E-state index contributed by atoms with van der Waals surface area (Å²) in [5.41, 5.74) is 2.14. The smallest absolute Gasteiger partial charge is 0.242 e. The topological polar surface area (TPSA) is 54.8 Å². The summed E-state index contributed by atoms with van der Waals surface area (Å²) in [5, 5.41) is 0. The fraction of sp³-hybridized carbons (Fsp3) is 0.556. The summed E-state index contributed by atoms with van der Waals surface area (Å²) in [6, 6.07) is 14.0. The van der Waals surface area contributed by atoms with Crippen LogP contribution in [0.3, 0.4) is 0 Å². The summed E-state index contributed by atoms with van der Waals surface area (Å²) in [5.74, 6) is 0.0350. The van der Waals surface area contributed by atoms with Crippen LogP contribution in [0, 0.1) is 0 Å². The van der Waals surface area contributed by atoms with Crippen molar-refractivity contribution in [3.63, 3.8) is 0 Å². The molecule has 6 heteroatoms. The highest BCUT2D eigenvalue weighted by atomic mass is 16.5. The van der Waals surface area contributed by atoms with Crippen molar-refractivity contribution in [1.82, 2.24) is 14.4 Å². The molecule has 0 bridgehead atoms. The molecule has 1 aromatic heterocycles. The van der Waals surface area contributed by atoms with Gasteiger partial charge in [0, 0.05) is 51.7 Å². The summed E-state index contributed by atoms with van der Waals surface area (Å²) < 4.78 is 7.49. The molecule has 0 unspecified atom stereocenters. The molecular formula is C27H41N3O3. The molecule has 1 aromatic carbocycles. The normalized spacial score (nSPS) is 10.9. The molecule has 0 radical (unpaired) electrons. The predicted molar refractivity (Wildman–Crippen MR) is 133 cm³/mol.